The number of hydrogen-bond donors (Lipinski definition) is 2. The highest BCUT2D eigenvalue weighted by Crippen LogP contribution is 2.27. The first-order valence-corrected chi connectivity index (χ1v) is 7.48. The topological polar surface area (TPSA) is 52.6 Å². The Balaban J connectivity index is 1.65. The number of aryl methyl sites for hydroxylation is 1. The first-order chi connectivity index (χ1) is 9.65. The van der Waals surface area contributed by atoms with Crippen LogP contribution in [-0.2, 0) is 0 Å². The van der Waals surface area contributed by atoms with Gasteiger partial charge in [0.2, 0.25) is 0 Å². The van der Waals surface area contributed by atoms with Crippen LogP contribution in [0.1, 0.15) is 41.6 Å². The van der Waals surface area contributed by atoms with Gasteiger partial charge in [0.1, 0.15) is 5.75 Å². The van der Waals surface area contributed by atoms with E-state index in [1.165, 1.54) is 19.4 Å². The quantitative estimate of drug-likeness (QED) is 0.868. The number of para-hydroxylation sites is 1. The fraction of sp³-hybridized carbons (Fsp3) is 0.562. The summed E-state index contributed by atoms with van der Waals surface area (Å²) in [6.07, 6.45) is 4.58. The molecular weight excluding hydrogens is 252 g/mol. The van der Waals surface area contributed by atoms with Crippen LogP contribution >= 0.6 is 0 Å². The van der Waals surface area contributed by atoms with Gasteiger partial charge in [0, 0.05) is 18.6 Å². The van der Waals surface area contributed by atoms with Crippen molar-refractivity contribution in [2.45, 2.75) is 44.7 Å². The predicted octanol–water partition coefficient (Wildman–Crippen LogP) is 2.06. The molecule has 0 aliphatic carbocycles. The number of amides is 1. The van der Waals surface area contributed by atoms with Gasteiger partial charge in [-0.1, -0.05) is 12.1 Å². The maximum atomic E-state index is 12.3. The SMILES string of the molecule is Cc1cccc(C(=O)NC2CCN3CCCC3C2)c1O. The van der Waals surface area contributed by atoms with Gasteiger partial charge in [0.05, 0.1) is 5.56 Å². The Morgan fingerprint density at radius 1 is 1.35 bits per heavy atom. The molecule has 1 aromatic carbocycles. The molecule has 1 aromatic rings. The van der Waals surface area contributed by atoms with E-state index in [9.17, 15) is 9.90 Å². The molecule has 2 unspecified atom stereocenters. The van der Waals surface area contributed by atoms with E-state index in [4.69, 9.17) is 0 Å². The number of benzene rings is 1. The van der Waals surface area contributed by atoms with Crippen LogP contribution in [0, 0.1) is 6.92 Å². The van der Waals surface area contributed by atoms with Gasteiger partial charge in [-0.05, 0) is 50.8 Å². The zero-order valence-corrected chi connectivity index (χ0v) is 11.9. The lowest BCUT2D eigenvalue weighted by Crippen LogP contribution is -2.47. The molecule has 0 spiro atoms. The number of aromatic hydroxyl groups is 1. The fourth-order valence-electron chi connectivity index (χ4n) is 3.46. The lowest BCUT2D eigenvalue weighted by atomic mass is 9.97. The second kappa shape index (κ2) is 5.44. The number of phenols is 1. The highest BCUT2D eigenvalue weighted by Gasteiger charge is 2.32. The summed E-state index contributed by atoms with van der Waals surface area (Å²) in [5, 5.41) is 13.1. The van der Waals surface area contributed by atoms with Crippen LogP contribution in [-0.4, -0.2) is 41.1 Å². The first-order valence-electron chi connectivity index (χ1n) is 7.48. The molecule has 20 heavy (non-hydrogen) atoms. The van der Waals surface area contributed by atoms with Gasteiger partial charge in [-0.2, -0.15) is 0 Å². The number of rotatable bonds is 2. The second-order valence-corrected chi connectivity index (χ2v) is 6.00. The van der Waals surface area contributed by atoms with Crippen LogP contribution in [0.15, 0.2) is 18.2 Å². The Labute approximate surface area is 119 Å². The number of carbonyl (C=O) groups is 1. The molecule has 2 N–H and O–H groups in total. The van der Waals surface area contributed by atoms with Crippen molar-refractivity contribution in [1.29, 1.82) is 0 Å². The minimum atomic E-state index is -0.150. The fourth-order valence-corrected chi connectivity index (χ4v) is 3.46. The highest BCUT2D eigenvalue weighted by molar-refractivity contribution is 5.97. The molecule has 3 rings (SSSR count). The maximum Gasteiger partial charge on any atom is 0.255 e. The molecule has 4 nitrogen and oxygen atoms in total. The van der Waals surface area contributed by atoms with Crippen LogP contribution < -0.4 is 5.32 Å². The summed E-state index contributed by atoms with van der Waals surface area (Å²) in [6, 6.07) is 6.18. The van der Waals surface area contributed by atoms with E-state index in [0.717, 1.165) is 24.9 Å². The Morgan fingerprint density at radius 2 is 2.20 bits per heavy atom. The van der Waals surface area contributed by atoms with Crippen molar-refractivity contribution in [3.8, 4) is 5.75 Å². The average Bonchev–Trinajstić information content (AvgIpc) is 2.89. The van der Waals surface area contributed by atoms with Crippen molar-refractivity contribution in [2.24, 2.45) is 0 Å². The van der Waals surface area contributed by atoms with Crippen molar-refractivity contribution in [3.63, 3.8) is 0 Å². The minimum absolute atomic E-state index is 0.100. The Bertz CT molecular complexity index is 515. The van der Waals surface area contributed by atoms with Crippen molar-refractivity contribution in [1.82, 2.24) is 10.2 Å². The van der Waals surface area contributed by atoms with Gasteiger partial charge < -0.3 is 15.3 Å². The van der Waals surface area contributed by atoms with Crippen molar-refractivity contribution in [2.75, 3.05) is 13.1 Å². The Kier molecular flexibility index (Phi) is 3.66. The van der Waals surface area contributed by atoms with E-state index in [0.29, 0.717) is 11.6 Å². The van der Waals surface area contributed by atoms with E-state index in [1.54, 1.807) is 6.07 Å². The van der Waals surface area contributed by atoms with E-state index < -0.39 is 0 Å². The summed E-state index contributed by atoms with van der Waals surface area (Å²) in [6.45, 7) is 4.10. The monoisotopic (exact) mass is 274 g/mol. The van der Waals surface area contributed by atoms with Crippen LogP contribution in [0.5, 0.6) is 5.75 Å². The molecule has 2 aliphatic rings. The second-order valence-electron chi connectivity index (χ2n) is 6.00. The standard InChI is InChI=1S/C16H22N2O2/c1-11-4-2-6-14(15(11)19)16(20)17-12-7-9-18-8-3-5-13(18)10-12/h2,4,6,12-13,19H,3,5,7-10H2,1H3,(H,17,20). The minimum Gasteiger partial charge on any atom is -0.507 e. The van der Waals surface area contributed by atoms with Crippen LogP contribution in [0.3, 0.4) is 0 Å². The number of phenolic OH excluding ortho intramolecular Hbond substituents is 1. The lowest BCUT2D eigenvalue weighted by molar-refractivity contribution is 0.0893. The molecule has 1 amide bonds. The molecule has 2 atom stereocenters. The summed E-state index contributed by atoms with van der Waals surface area (Å²) >= 11 is 0. The molecule has 2 aliphatic heterocycles. The van der Waals surface area contributed by atoms with E-state index >= 15 is 0 Å². The predicted molar refractivity (Wildman–Crippen MR) is 77.9 cm³/mol. The molecule has 0 aromatic heterocycles. The van der Waals surface area contributed by atoms with E-state index in [2.05, 4.69) is 10.2 Å². The third-order valence-corrected chi connectivity index (χ3v) is 4.64. The lowest BCUT2D eigenvalue weighted by Gasteiger charge is -2.35. The van der Waals surface area contributed by atoms with Gasteiger partial charge in [-0.25, -0.2) is 0 Å². The van der Waals surface area contributed by atoms with Crippen LogP contribution in [0.2, 0.25) is 0 Å². The molecule has 4 heteroatoms. The number of hydrogen-bond acceptors (Lipinski definition) is 3. The zero-order chi connectivity index (χ0) is 14.1. The van der Waals surface area contributed by atoms with Gasteiger partial charge in [-0.15, -0.1) is 0 Å². The molecule has 108 valence electrons. The number of piperidine rings is 1. The van der Waals surface area contributed by atoms with Crippen LogP contribution in [0.4, 0.5) is 0 Å². The van der Waals surface area contributed by atoms with Gasteiger partial charge in [-0.3, -0.25) is 4.79 Å². The molecule has 2 heterocycles. The summed E-state index contributed by atoms with van der Waals surface area (Å²) in [7, 11) is 0. The molecule has 0 radical (unpaired) electrons. The van der Waals surface area contributed by atoms with E-state index in [1.807, 2.05) is 19.1 Å². The summed E-state index contributed by atoms with van der Waals surface area (Å²) in [5.41, 5.74) is 1.13. The zero-order valence-electron chi connectivity index (χ0n) is 11.9. The summed E-state index contributed by atoms with van der Waals surface area (Å²) in [4.78, 5) is 14.8. The number of nitrogens with one attached hydrogen (secondary N) is 1. The smallest absolute Gasteiger partial charge is 0.255 e. The third-order valence-electron chi connectivity index (χ3n) is 4.64. The normalized spacial score (nSPS) is 26.2. The maximum absolute atomic E-state index is 12.3. The highest BCUT2D eigenvalue weighted by atomic mass is 16.3. The van der Waals surface area contributed by atoms with Crippen LogP contribution in [0.25, 0.3) is 0 Å². The van der Waals surface area contributed by atoms with Crippen molar-refractivity contribution >= 4 is 5.91 Å². The molecule has 0 bridgehead atoms. The van der Waals surface area contributed by atoms with Gasteiger partial charge in [0.25, 0.3) is 5.91 Å². The Hall–Kier alpha value is -1.55. The molecule has 0 saturated carbocycles. The molecule has 2 fully saturated rings. The van der Waals surface area contributed by atoms with Gasteiger partial charge in [0.15, 0.2) is 0 Å². The first kappa shape index (κ1) is 13.4. The van der Waals surface area contributed by atoms with Gasteiger partial charge >= 0.3 is 0 Å². The van der Waals surface area contributed by atoms with Crippen molar-refractivity contribution in [3.05, 3.63) is 29.3 Å². The van der Waals surface area contributed by atoms with E-state index in [-0.39, 0.29) is 17.7 Å². The molecule has 2 saturated heterocycles. The number of nitrogens with zero attached hydrogens (tertiary/aromatic N) is 1. The number of fused-ring (bicyclic) bond motifs is 1. The summed E-state index contributed by atoms with van der Waals surface area (Å²) < 4.78 is 0. The average molecular weight is 274 g/mol. The largest absolute Gasteiger partial charge is 0.507 e. The Morgan fingerprint density at radius 3 is 3.05 bits per heavy atom. The number of carbonyl (C=O) groups excluding carboxylic acids is 1. The van der Waals surface area contributed by atoms with Crippen molar-refractivity contribution < 1.29 is 9.90 Å². The molecular formula is C16H22N2O2. The summed E-state index contributed by atoms with van der Waals surface area (Å²) in [5.74, 6) is -0.0500. The third kappa shape index (κ3) is 2.52.